The Morgan fingerprint density at radius 1 is 1.33 bits per heavy atom. The topological polar surface area (TPSA) is 43.4 Å². The van der Waals surface area contributed by atoms with E-state index in [0.29, 0.717) is 12.0 Å². The number of carbonyl (C=O) groups excluding carboxylic acids is 2. The van der Waals surface area contributed by atoms with Crippen molar-refractivity contribution >= 4 is 33.3 Å². The lowest BCUT2D eigenvalue weighted by Crippen LogP contribution is -2.38. The summed E-state index contributed by atoms with van der Waals surface area (Å²) >= 11 is 3.39. The molecule has 1 atom stereocenters. The summed E-state index contributed by atoms with van der Waals surface area (Å²) in [5, 5.41) is 0. The highest BCUT2D eigenvalue weighted by Gasteiger charge is 2.50. The fraction of sp³-hybridized carbons (Fsp3) is 0.294. The Morgan fingerprint density at radius 2 is 1.95 bits per heavy atom. The molecular weight excluding hydrogens is 332 g/mol. The molecule has 2 rings (SSSR count). The largest absolute Gasteiger partial charge is 0.465 e. The van der Waals surface area contributed by atoms with Crippen molar-refractivity contribution in [3.8, 4) is 0 Å². The Morgan fingerprint density at radius 3 is 2.48 bits per heavy atom. The monoisotopic (exact) mass is 348 g/mol. The van der Waals surface area contributed by atoms with Gasteiger partial charge >= 0.3 is 5.97 Å². The van der Waals surface area contributed by atoms with Gasteiger partial charge in [-0.15, -0.1) is 0 Å². The maximum absolute atomic E-state index is 12.3. The second-order valence-corrected chi connectivity index (χ2v) is 5.98. The lowest BCUT2D eigenvalue weighted by molar-refractivity contribution is -0.156. The van der Waals surface area contributed by atoms with Crippen molar-refractivity contribution in [2.75, 3.05) is 6.61 Å². The van der Waals surface area contributed by atoms with E-state index in [2.05, 4.69) is 22.5 Å². The SMILES string of the molecule is C=C1C=C(c2ccc(Br)cc2)CC1(C(C)=O)C(=O)OCC. The number of esters is 1. The normalized spacial score (nSPS) is 21.1. The maximum atomic E-state index is 12.3. The van der Waals surface area contributed by atoms with Crippen LogP contribution in [0, 0.1) is 5.41 Å². The highest BCUT2D eigenvalue weighted by Crippen LogP contribution is 2.46. The first-order valence-corrected chi connectivity index (χ1v) is 7.55. The average molecular weight is 349 g/mol. The molecule has 3 nitrogen and oxygen atoms in total. The molecule has 0 amide bonds. The van der Waals surface area contributed by atoms with E-state index in [1.54, 1.807) is 6.92 Å². The second-order valence-electron chi connectivity index (χ2n) is 5.06. The summed E-state index contributed by atoms with van der Waals surface area (Å²) in [6, 6.07) is 7.75. The molecule has 0 bridgehead atoms. The molecule has 1 unspecified atom stereocenters. The molecular formula is C17H17BrO3. The van der Waals surface area contributed by atoms with Gasteiger partial charge in [-0.25, -0.2) is 0 Å². The Balaban J connectivity index is 2.38. The number of hydrogen-bond donors (Lipinski definition) is 0. The minimum Gasteiger partial charge on any atom is -0.465 e. The fourth-order valence-electron chi connectivity index (χ4n) is 2.58. The first kappa shape index (κ1) is 15.7. The van der Waals surface area contributed by atoms with E-state index in [0.717, 1.165) is 15.6 Å². The van der Waals surface area contributed by atoms with Gasteiger partial charge in [-0.2, -0.15) is 0 Å². The molecule has 0 fully saturated rings. The number of benzene rings is 1. The van der Waals surface area contributed by atoms with Gasteiger partial charge in [0.25, 0.3) is 0 Å². The van der Waals surface area contributed by atoms with Gasteiger partial charge in [0.1, 0.15) is 0 Å². The Bertz CT molecular complexity index is 628. The van der Waals surface area contributed by atoms with E-state index in [1.165, 1.54) is 6.92 Å². The first-order chi connectivity index (χ1) is 9.91. The van der Waals surface area contributed by atoms with Gasteiger partial charge in [0.15, 0.2) is 11.2 Å². The van der Waals surface area contributed by atoms with E-state index in [4.69, 9.17) is 4.74 Å². The third-order valence-corrected chi connectivity index (χ3v) is 4.32. The van der Waals surface area contributed by atoms with Crippen LogP contribution in [-0.4, -0.2) is 18.4 Å². The summed E-state index contributed by atoms with van der Waals surface area (Å²) in [6.07, 6.45) is 2.13. The van der Waals surface area contributed by atoms with Crippen LogP contribution in [0.5, 0.6) is 0 Å². The van der Waals surface area contributed by atoms with Gasteiger partial charge in [0.05, 0.1) is 6.61 Å². The van der Waals surface area contributed by atoms with Crippen LogP contribution in [0.1, 0.15) is 25.8 Å². The molecule has 0 N–H and O–H groups in total. The molecule has 0 saturated heterocycles. The number of Topliss-reactive ketones (excluding diaryl/α,β-unsaturated/α-hetero) is 1. The third-order valence-electron chi connectivity index (χ3n) is 3.79. The fourth-order valence-corrected chi connectivity index (χ4v) is 2.85. The first-order valence-electron chi connectivity index (χ1n) is 6.76. The van der Waals surface area contributed by atoms with Crippen molar-refractivity contribution < 1.29 is 14.3 Å². The van der Waals surface area contributed by atoms with E-state index in [-0.39, 0.29) is 12.4 Å². The smallest absolute Gasteiger partial charge is 0.324 e. The molecule has 0 spiro atoms. The zero-order valence-corrected chi connectivity index (χ0v) is 13.7. The number of ether oxygens (including phenoxy) is 1. The van der Waals surface area contributed by atoms with Crippen LogP contribution in [-0.2, 0) is 14.3 Å². The van der Waals surface area contributed by atoms with Crippen molar-refractivity contribution in [2.45, 2.75) is 20.3 Å². The molecule has 1 aliphatic rings. The van der Waals surface area contributed by atoms with Gasteiger partial charge in [-0.1, -0.05) is 40.7 Å². The number of rotatable bonds is 4. The molecule has 0 aromatic heterocycles. The number of hydrogen-bond acceptors (Lipinski definition) is 3. The van der Waals surface area contributed by atoms with Gasteiger partial charge in [0, 0.05) is 10.9 Å². The van der Waals surface area contributed by atoms with Crippen molar-refractivity contribution in [3.05, 3.63) is 52.5 Å². The van der Waals surface area contributed by atoms with Crippen molar-refractivity contribution in [1.29, 1.82) is 0 Å². The van der Waals surface area contributed by atoms with Gasteiger partial charge < -0.3 is 4.74 Å². The van der Waals surface area contributed by atoms with E-state index in [1.807, 2.05) is 30.3 Å². The molecule has 1 aromatic rings. The highest BCUT2D eigenvalue weighted by molar-refractivity contribution is 9.10. The Kier molecular flexibility index (Phi) is 4.47. The predicted octanol–water partition coefficient (Wildman–Crippen LogP) is 3.93. The van der Waals surface area contributed by atoms with E-state index < -0.39 is 11.4 Å². The van der Waals surface area contributed by atoms with Crippen molar-refractivity contribution in [1.82, 2.24) is 0 Å². The maximum Gasteiger partial charge on any atom is 0.324 e. The predicted molar refractivity (Wildman–Crippen MR) is 85.6 cm³/mol. The summed E-state index contributed by atoms with van der Waals surface area (Å²) in [4.78, 5) is 24.4. The van der Waals surface area contributed by atoms with Crippen LogP contribution in [0.2, 0.25) is 0 Å². The molecule has 0 radical (unpaired) electrons. The van der Waals surface area contributed by atoms with Crippen LogP contribution in [0.25, 0.3) is 5.57 Å². The van der Waals surface area contributed by atoms with Gasteiger partial charge in [-0.05, 0) is 42.7 Å². The number of halogens is 1. The molecule has 0 aliphatic heterocycles. The quantitative estimate of drug-likeness (QED) is 0.611. The zero-order chi connectivity index (χ0) is 15.6. The molecule has 4 heteroatoms. The van der Waals surface area contributed by atoms with Crippen molar-refractivity contribution in [2.24, 2.45) is 5.41 Å². The minimum atomic E-state index is -1.27. The molecule has 21 heavy (non-hydrogen) atoms. The van der Waals surface area contributed by atoms with Crippen LogP contribution in [0.3, 0.4) is 0 Å². The average Bonchev–Trinajstić information content (AvgIpc) is 2.78. The van der Waals surface area contributed by atoms with E-state index in [9.17, 15) is 9.59 Å². The molecule has 0 saturated carbocycles. The lowest BCUT2D eigenvalue weighted by Gasteiger charge is -2.25. The number of ketones is 1. The molecule has 1 aliphatic carbocycles. The standard InChI is InChI=1S/C17H17BrO3/c1-4-21-16(20)17(12(3)19)10-14(9-11(17)2)13-5-7-15(18)8-6-13/h5-9H,2,4,10H2,1,3H3. The van der Waals surface area contributed by atoms with Crippen LogP contribution < -0.4 is 0 Å². The zero-order valence-electron chi connectivity index (χ0n) is 12.1. The third kappa shape index (κ3) is 2.72. The number of carbonyl (C=O) groups is 2. The summed E-state index contributed by atoms with van der Waals surface area (Å²) in [5.74, 6) is -0.736. The van der Waals surface area contributed by atoms with Crippen LogP contribution >= 0.6 is 15.9 Å². The van der Waals surface area contributed by atoms with Crippen molar-refractivity contribution in [3.63, 3.8) is 0 Å². The lowest BCUT2D eigenvalue weighted by atomic mass is 9.77. The molecule has 0 heterocycles. The summed E-state index contributed by atoms with van der Waals surface area (Å²) in [6.45, 7) is 7.31. The van der Waals surface area contributed by atoms with Gasteiger partial charge in [-0.3, -0.25) is 9.59 Å². The van der Waals surface area contributed by atoms with Gasteiger partial charge in [0.2, 0.25) is 0 Å². The highest BCUT2D eigenvalue weighted by atomic mass is 79.9. The van der Waals surface area contributed by atoms with Crippen LogP contribution in [0.4, 0.5) is 0 Å². The van der Waals surface area contributed by atoms with E-state index >= 15 is 0 Å². The summed E-state index contributed by atoms with van der Waals surface area (Å²) in [5.41, 5.74) is 1.15. The number of allylic oxidation sites excluding steroid dienone is 2. The molecule has 110 valence electrons. The Hall–Kier alpha value is -1.68. The summed E-state index contributed by atoms with van der Waals surface area (Å²) < 4.78 is 6.08. The van der Waals surface area contributed by atoms with Crippen LogP contribution in [0.15, 0.2) is 47.0 Å². The minimum absolute atomic E-state index is 0.227. The second kappa shape index (κ2) is 5.98. The summed E-state index contributed by atoms with van der Waals surface area (Å²) in [7, 11) is 0. The Labute approximate surface area is 132 Å². The molecule has 1 aromatic carbocycles.